The lowest BCUT2D eigenvalue weighted by molar-refractivity contribution is -0.140. The molecule has 0 unspecified atom stereocenters. The summed E-state index contributed by atoms with van der Waals surface area (Å²) in [4.78, 5) is 24.5. The summed E-state index contributed by atoms with van der Waals surface area (Å²) in [5.74, 6) is -0.416. The third-order valence-corrected chi connectivity index (χ3v) is 4.69. The SMILES string of the molecule is C=C(C)C(=O)OCCOCCOCCOCCOCCOCCOCCOCCOCCN(C)C(=O)OC(C)(C)C. The maximum atomic E-state index is 11.8. The molecule has 0 aliphatic rings. The summed E-state index contributed by atoms with van der Waals surface area (Å²) in [5, 5.41) is 0. The van der Waals surface area contributed by atoms with Gasteiger partial charge in [-0.2, -0.15) is 0 Å². The standard InChI is InChI=1S/C28H53NO12/c1-25(2)26(30)40-24-23-39-22-21-38-20-19-37-18-17-36-16-15-35-14-13-34-12-11-33-10-9-32-8-7-29(6)27(31)41-28(3,4)5/h1,7-24H2,2-6H3. The van der Waals surface area contributed by atoms with Crippen LogP contribution in [0.5, 0.6) is 0 Å². The third kappa shape index (κ3) is 29.5. The van der Waals surface area contributed by atoms with Crippen molar-refractivity contribution in [2.75, 3.05) is 126 Å². The molecule has 0 aliphatic carbocycles. The van der Waals surface area contributed by atoms with Crippen LogP contribution >= 0.6 is 0 Å². The predicted octanol–water partition coefficient (Wildman–Crippen LogP) is 2.11. The van der Waals surface area contributed by atoms with Crippen LogP contribution in [0.4, 0.5) is 4.79 Å². The molecule has 0 aromatic heterocycles. The lowest BCUT2D eigenvalue weighted by Crippen LogP contribution is -2.36. The molecule has 0 rings (SSSR count). The van der Waals surface area contributed by atoms with Gasteiger partial charge in [-0.25, -0.2) is 9.59 Å². The Morgan fingerprint density at radius 3 is 1.15 bits per heavy atom. The van der Waals surface area contributed by atoms with Gasteiger partial charge in [0.25, 0.3) is 0 Å². The van der Waals surface area contributed by atoms with Crippen LogP contribution in [0.15, 0.2) is 12.2 Å². The first-order valence-corrected chi connectivity index (χ1v) is 14.0. The summed E-state index contributed by atoms with van der Waals surface area (Å²) in [6.07, 6.45) is -0.368. The molecule has 1 amide bonds. The molecular formula is C28H53NO12. The van der Waals surface area contributed by atoms with Crippen LogP contribution < -0.4 is 0 Å². The Bertz CT molecular complexity index is 656. The summed E-state index contributed by atoms with van der Waals surface area (Å²) in [5.41, 5.74) is -0.144. The van der Waals surface area contributed by atoms with Crippen LogP contribution in [0.3, 0.4) is 0 Å². The lowest BCUT2D eigenvalue weighted by atomic mass is 10.2. The first kappa shape index (κ1) is 39.2. The Labute approximate surface area is 245 Å². The molecular weight excluding hydrogens is 542 g/mol. The first-order chi connectivity index (χ1) is 19.6. The molecule has 0 aliphatic heterocycles. The number of rotatable bonds is 28. The fourth-order valence-corrected chi connectivity index (χ4v) is 2.59. The number of carbonyl (C=O) groups excluding carboxylic acids is 2. The van der Waals surface area contributed by atoms with Gasteiger partial charge in [0.1, 0.15) is 12.2 Å². The number of ether oxygens (including phenoxy) is 10. The zero-order valence-corrected chi connectivity index (χ0v) is 25.8. The molecule has 13 nitrogen and oxygen atoms in total. The van der Waals surface area contributed by atoms with Crippen molar-refractivity contribution < 1.29 is 57.0 Å². The Hall–Kier alpha value is -1.84. The van der Waals surface area contributed by atoms with Gasteiger partial charge in [-0.15, -0.1) is 0 Å². The van der Waals surface area contributed by atoms with Gasteiger partial charge in [-0.1, -0.05) is 6.58 Å². The molecule has 0 saturated carbocycles. The van der Waals surface area contributed by atoms with Gasteiger partial charge in [0.05, 0.1) is 106 Å². The normalized spacial score (nSPS) is 11.4. The van der Waals surface area contributed by atoms with E-state index >= 15 is 0 Å². The highest BCUT2D eigenvalue weighted by molar-refractivity contribution is 5.86. The van der Waals surface area contributed by atoms with E-state index in [0.717, 1.165) is 0 Å². The van der Waals surface area contributed by atoms with Gasteiger partial charge in [0.15, 0.2) is 0 Å². The van der Waals surface area contributed by atoms with E-state index in [-0.39, 0.29) is 12.7 Å². The molecule has 0 radical (unpaired) electrons. The van der Waals surface area contributed by atoms with Crippen molar-refractivity contribution in [3.63, 3.8) is 0 Å². The fraction of sp³-hybridized carbons (Fsp3) is 0.857. The molecule has 0 heterocycles. The van der Waals surface area contributed by atoms with E-state index in [1.165, 1.54) is 4.90 Å². The quantitative estimate of drug-likeness (QED) is 0.0746. The highest BCUT2D eigenvalue weighted by Gasteiger charge is 2.19. The van der Waals surface area contributed by atoms with Crippen molar-refractivity contribution in [1.82, 2.24) is 4.90 Å². The molecule has 0 atom stereocenters. The molecule has 0 saturated heterocycles. The number of nitrogens with zero attached hydrogens (tertiary/aromatic N) is 1. The van der Waals surface area contributed by atoms with Crippen molar-refractivity contribution in [3.8, 4) is 0 Å². The van der Waals surface area contributed by atoms with Crippen molar-refractivity contribution in [2.24, 2.45) is 0 Å². The average molecular weight is 596 g/mol. The second-order valence-electron chi connectivity index (χ2n) is 9.72. The van der Waals surface area contributed by atoms with Crippen LogP contribution in [-0.2, 0) is 52.2 Å². The summed E-state index contributed by atoms with van der Waals surface area (Å²) >= 11 is 0. The molecule has 0 fully saturated rings. The Kier molecular flexibility index (Phi) is 25.8. The summed E-state index contributed by atoms with van der Waals surface area (Å²) in [6.45, 7) is 18.5. The number of hydrogen-bond donors (Lipinski definition) is 0. The van der Waals surface area contributed by atoms with Crippen molar-refractivity contribution in [2.45, 2.75) is 33.3 Å². The van der Waals surface area contributed by atoms with E-state index in [0.29, 0.717) is 118 Å². The molecule has 13 heteroatoms. The minimum atomic E-state index is -0.511. The molecule has 41 heavy (non-hydrogen) atoms. The maximum Gasteiger partial charge on any atom is 0.410 e. The number of esters is 1. The summed E-state index contributed by atoms with van der Waals surface area (Å²) in [6, 6.07) is 0. The highest BCUT2D eigenvalue weighted by atomic mass is 16.6. The van der Waals surface area contributed by atoms with Gasteiger partial charge in [-0.3, -0.25) is 0 Å². The summed E-state index contributed by atoms with van der Waals surface area (Å²) < 4.78 is 53.5. The highest BCUT2D eigenvalue weighted by Crippen LogP contribution is 2.08. The fourth-order valence-electron chi connectivity index (χ4n) is 2.59. The van der Waals surface area contributed by atoms with E-state index in [1.807, 2.05) is 20.8 Å². The summed E-state index contributed by atoms with van der Waals surface area (Å²) in [7, 11) is 1.68. The van der Waals surface area contributed by atoms with Gasteiger partial charge in [-0.05, 0) is 27.7 Å². The number of amides is 1. The van der Waals surface area contributed by atoms with Gasteiger partial charge < -0.3 is 52.3 Å². The number of hydrogen-bond acceptors (Lipinski definition) is 12. The van der Waals surface area contributed by atoms with Gasteiger partial charge in [0, 0.05) is 19.2 Å². The first-order valence-electron chi connectivity index (χ1n) is 14.0. The molecule has 242 valence electrons. The topological polar surface area (TPSA) is 130 Å². The van der Waals surface area contributed by atoms with Crippen LogP contribution in [-0.4, -0.2) is 148 Å². The minimum Gasteiger partial charge on any atom is -0.460 e. The number of likely N-dealkylation sites (N-methyl/N-ethyl adjacent to an activating group) is 1. The van der Waals surface area contributed by atoms with E-state index < -0.39 is 11.6 Å². The Morgan fingerprint density at radius 1 is 0.561 bits per heavy atom. The van der Waals surface area contributed by atoms with Crippen LogP contribution in [0, 0.1) is 0 Å². The van der Waals surface area contributed by atoms with Crippen molar-refractivity contribution >= 4 is 12.1 Å². The van der Waals surface area contributed by atoms with Crippen LogP contribution in [0.2, 0.25) is 0 Å². The monoisotopic (exact) mass is 595 g/mol. The van der Waals surface area contributed by atoms with E-state index in [4.69, 9.17) is 47.4 Å². The molecule has 0 N–H and O–H groups in total. The van der Waals surface area contributed by atoms with Crippen LogP contribution in [0.25, 0.3) is 0 Å². The Morgan fingerprint density at radius 2 is 0.854 bits per heavy atom. The molecule has 0 bridgehead atoms. The smallest absolute Gasteiger partial charge is 0.410 e. The third-order valence-electron chi connectivity index (χ3n) is 4.69. The Balaban J connectivity index is 3.19. The van der Waals surface area contributed by atoms with E-state index in [1.54, 1.807) is 14.0 Å². The minimum absolute atomic E-state index is 0.196. The van der Waals surface area contributed by atoms with E-state index in [2.05, 4.69) is 6.58 Å². The predicted molar refractivity (Wildman–Crippen MR) is 151 cm³/mol. The van der Waals surface area contributed by atoms with Crippen LogP contribution in [0.1, 0.15) is 27.7 Å². The van der Waals surface area contributed by atoms with Gasteiger partial charge >= 0.3 is 12.1 Å². The van der Waals surface area contributed by atoms with Crippen molar-refractivity contribution in [3.05, 3.63) is 12.2 Å². The second kappa shape index (κ2) is 27.0. The molecule has 0 aromatic carbocycles. The zero-order chi connectivity index (χ0) is 30.6. The number of carbonyl (C=O) groups is 2. The zero-order valence-electron chi connectivity index (χ0n) is 25.8. The average Bonchev–Trinajstić information content (AvgIpc) is 2.91. The van der Waals surface area contributed by atoms with E-state index in [9.17, 15) is 9.59 Å². The second-order valence-corrected chi connectivity index (χ2v) is 9.72. The van der Waals surface area contributed by atoms with Gasteiger partial charge in [0.2, 0.25) is 0 Å². The van der Waals surface area contributed by atoms with Crippen molar-refractivity contribution in [1.29, 1.82) is 0 Å². The molecule has 0 spiro atoms. The molecule has 0 aromatic rings. The lowest BCUT2D eigenvalue weighted by Gasteiger charge is -2.24. The largest absolute Gasteiger partial charge is 0.460 e. The maximum absolute atomic E-state index is 11.8.